The normalized spacial score (nSPS) is 9.55. The molecule has 0 amide bonds. The lowest BCUT2D eigenvalue weighted by molar-refractivity contribution is -0.122. The van der Waals surface area contributed by atoms with E-state index in [0.29, 0.717) is 18.8 Å². The van der Waals surface area contributed by atoms with Gasteiger partial charge in [-0.25, -0.2) is 0 Å². The molecule has 3 N–H and O–H groups in total. The number of aromatic hydroxyl groups is 1. The molecule has 0 saturated carbocycles. The van der Waals surface area contributed by atoms with Crippen LogP contribution in [0, 0.1) is 0 Å². The molecule has 0 aliphatic rings. The van der Waals surface area contributed by atoms with Crippen molar-refractivity contribution >= 4 is 6.47 Å². The van der Waals surface area contributed by atoms with E-state index in [1.54, 1.807) is 24.3 Å². The van der Waals surface area contributed by atoms with Gasteiger partial charge in [0.1, 0.15) is 23.0 Å². The number of carbonyl (C=O) groups is 1. The molecule has 230 valence electrons. The third-order valence-electron chi connectivity index (χ3n) is 6.02. The molecule has 5 aromatic rings. The van der Waals surface area contributed by atoms with Crippen molar-refractivity contribution in [3.05, 3.63) is 133 Å². The van der Waals surface area contributed by atoms with Crippen molar-refractivity contribution in [1.29, 1.82) is 0 Å². The Hall–Kier alpha value is -5.07. The number of hydrogen-bond donors (Lipinski definition) is 3. The Morgan fingerprint density at radius 1 is 0.682 bits per heavy atom. The van der Waals surface area contributed by atoms with E-state index in [2.05, 4.69) is 61.5 Å². The van der Waals surface area contributed by atoms with Gasteiger partial charge < -0.3 is 24.8 Å². The van der Waals surface area contributed by atoms with Crippen molar-refractivity contribution in [1.82, 2.24) is 0 Å². The Morgan fingerprint density at radius 3 is 1.77 bits per heavy atom. The molecule has 0 heterocycles. The lowest BCUT2D eigenvalue weighted by Crippen LogP contribution is -1.99. The Balaban J connectivity index is 0.000000299. The number of para-hydroxylation sites is 1. The molecular weight excluding hydrogens is 552 g/mol. The molecule has 0 radical (unpaired) electrons. The standard InChI is InChI=1S/C23H24O2.C12H10O2.C2H6.CH2O2/c1-2-16-25-23-13-8-18(14-15-24)17-22(23)21-11-9-20(10-12-21)19-6-4-3-5-7-19;13-10-6-8-12(9-7-10)14-11-4-2-1-3-5-11;1-2;2-1-3/h3-13,17,24H,2,14-16H2,1H3;1-9,13H;1-2H3;1H,(H,2,3). The highest BCUT2D eigenvalue weighted by Gasteiger charge is 2.09. The summed E-state index contributed by atoms with van der Waals surface area (Å²) < 4.78 is 11.4. The van der Waals surface area contributed by atoms with Crippen LogP contribution in [0.25, 0.3) is 22.3 Å². The maximum absolute atomic E-state index is 9.22. The summed E-state index contributed by atoms with van der Waals surface area (Å²) in [4.78, 5) is 8.36. The molecule has 44 heavy (non-hydrogen) atoms. The highest BCUT2D eigenvalue weighted by Crippen LogP contribution is 2.33. The maximum Gasteiger partial charge on any atom is 0.290 e. The zero-order chi connectivity index (χ0) is 32.0. The van der Waals surface area contributed by atoms with E-state index in [4.69, 9.17) is 24.5 Å². The topological polar surface area (TPSA) is 96.2 Å². The average molecular weight is 595 g/mol. The molecule has 0 atom stereocenters. The number of aliphatic hydroxyl groups is 1. The highest BCUT2D eigenvalue weighted by atomic mass is 16.5. The Kier molecular flexibility index (Phi) is 16.6. The molecule has 0 saturated heterocycles. The van der Waals surface area contributed by atoms with E-state index in [-0.39, 0.29) is 18.8 Å². The monoisotopic (exact) mass is 594 g/mol. The molecule has 0 aromatic heterocycles. The lowest BCUT2D eigenvalue weighted by atomic mass is 9.98. The molecule has 6 heteroatoms. The molecule has 0 spiro atoms. The Bertz CT molecular complexity index is 1450. The minimum Gasteiger partial charge on any atom is -0.508 e. The van der Waals surface area contributed by atoms with Crippen LogP contribution in [0.3, 0.4) is 0 Å². The second-order valence-corrected chi connectivity index (χ2v) is 9.11. The van der Waals surface area contributed by atoms with Gasteiger partial charge in [0.2, 0.25) is 0 Å². The summed E-state index contributed by atoms with van der Waals surface area (Å²) >= 11 is 0. The third kappa shape index (κ3) is 12.0. The number of aliphatic hydroxyl groups excluding tert-OH is 1. The van der Waals surface area contributed by atoms with Gasteiger partial charge in [-0.05, 0) is 83.6 Å². The predicted octanol–water partition coefficient (Wildman–Crippen LogP) is 9.26. The number of rotatable bonds is 9. The fourth-order valence-electron chi connectivity index (χ4n) is 4.04. The van der Waals surface area contributed by atoms with E-state index in [1.807, 2.05) is 62.4 Å². The number of hydrogen-bond acceptors (Lipinski definition) is 5. The molecule has 0 unspecified atom stereocenters. The largest absolute Gasteiger partial charge is 0.508 e. The second kappa shape index (κ2) is 20.8. The van der Waals surface area contributed by atoms with Crippen LogP contribution in [0.2, 0.25) is 0 Å². The molecule has 0 bridgehead atoms. The predicted molar refractivity (Wildman–Crippen MR) is 179 cm³/mol. The highest BCUT2D eigenvalue weighted by molar-refractivity contribution is 5.74. The molecule has 0 aliphatic carbocycles. The summed E-state index contributed by atoms with van der Waals surface area (Å²) in [6.07, 6.45) is 1.63. The number of carboxylic acid groups (broad SMARTS) is 1. The smallest absolute Gasteiger partial charge is 0.290 e. The van der Waals surface area contributed by atoms with Crippen molar-refractivity contribution < 1.29 is 29.6 Å². The van der Waals surface area contributed by atoms with Crippen molar-refractivity contribution in [3.8, 4) is 45.3 Å². The number of ether oxygens (including phenoxy) is 2. The minimum absolute atomic E-state index is 0.154. The van der Waals surface area contributed by atoms with Crippen molar-refractivity contribution in [2.75, 3.05) is 13.2 Å². The van der Waals surface area contributed by atoms with Crippen molar-refractivity contribution in [2.24, 2.45) is 0 Å². The van der Waals surface area contributed by atoms with E-state index in [0.717, 1.165) is 34.6 Å². The Labute approximate surface area is 260 Å². The molecule has 0 aliphatic heterocycles. The number of phenolic OH excluding ortho intramolecular Hbond substituents is 1. The summed E-state index contributed by atoms with van der Waals surface area (Å²) in [6.45, 7) is 6.71. The average Bonchev–Trinajstić information content (AvgIpc) is 3.08. The van der Waals surface area contributed by atoms with Gasteiger partial charge in [0.25, 0.3) is 6.47 Å². The fourth-order valence-corrected chi connectivity index (χ4v) is 4.04. The third-order valence-corrected chi connectivity index (χ3v) is 6.02. The first-order valence-electron chi connectivity index (χ1n) is 14.7. The van der Waals surface area contributed by atoms with Crippen LogP contribution >= 0.6 is 0 Å². The first-order chi connectivity index (χ1) is 21.6. The minimum atomic E-state index is -0.250. The number of benzene rings is 5. The summed E-state index contributed by atoms with van der Waals surface area (Å²) in [5.74, 6) is 2.65. The van der Waals surface area contributed by atoms with Gasteiger partial charge >= 0.3 is 0 Å². The van der Waals surface area contributed by atoms with Gasteiger partial charge in [-0.15, -0.1) is 0 Å². The van der Waals surface area contributed by atoms with Crippen LogP contribution in [0.5, 0.6) is 23.0 Å². The SMILES string of the molecule is CC.CCCOc1ccc(CCO)cc1-c1ccc(-c2ccccc2)cc1.O=CO.Oc1ccc(Oc2ccccc2)cc1. The molecular formula is C38H42O6. The second-order valence-electron chi connectivity index (χ2n) is 9.11. The summed E-state index contributed by atoms with van der Waals surface area (Å²) in [5, 5.41) is 25.2. The molecule has 0 fully saturated rings. The van der Waals surface area contributed by atoms with Gasteiger partial charge in [0.05, 0.1) is 6.61 Å². The van der Waals surface area contributed by atoms with Crippen LogP contribution < -0.4 is 9.47 Å². The molecule has 5 rings (SSSR count). The first kappa shape index (κ1) is 35.1. The van der Waals surface area contributed by atoms with Crippen molar-refractivity contribution in [3.63, 3.8) is 0 Å². The van der Waals surface area contributed by atoms with Gasteiger partial charge in [0, 0.05) is 12.2 Å². The van der Waals surface area contributed by atoms with Crippen molar-refractivity contribution in [2.45, 2.75) is 33.6 Å². The molecule has 5 aromatic carbocycles. The van der Waals surface area contributed by atoms with Crippen LogP contribution in [0.15, 0.2) is 127 Å². The van der Waals surface area contributed by atoms with Crippen LogP contribution in [-0.2, 0) is 11.2 Å². The number of phenols is 1. The van der Waals surface area contributed by atoms with Crippen LogP contribution in [0.4, 0.5) is 0 Å². The zero-order valence-corrected chi connectivity index (χ0v) is 25.6. The van der Waals surface area contributed by atoms with Crippen LogP contribution in [-0.4, -0.2) is 35.0 Å². The van der Waals surface area contributed by atoms with E-state index >= 15 is 0 Å². The lowest BCUT2D eigenvalue weighted by Gasteiger charge is -2.13. The quantitative estimate of drug-likeness (QED) is 0.147. The van der Waals surface area contributed by atoms with E-state index in [9.17, 15) is 5.11 Å². The van der Waals surface area contributed by atoms with Crippen LogP contribution in [0.1, 0.15) is 32.8 Å². The fraction of sp³-hybridized carbons (Fsp3) is 0.184. The van der Waals surface area contributed by atoms with Gasteiger partial charge in [-0.3, -0.25) is 4.79 Å². The van der Waals surface area contributed by atoms with E-state index < -0.39 is 0 Å². The summed E-state index contributed by atoms with van der Waals surface area (Å²) in [5.41, 5.74) is 5.75. The Morgan fingerprint density at radius 2 is 1.20 bits per heavy atom. The van der Waals surface area contributed by atoms with E-state index in [1.165, 1.54) is 11.1 Å². The van der Waals surface area contributed by atoms with Gasteiger partial charge in [-0.1, -0.05) is 99.6 Å². The maximum atomic E-state index is 9.22. The summed E-state index contributed by atoms with van der Waals surface area (Å²) in [6, 6.07) is 41.3. The zero-order valence-electron chi connectivity index (χ0n) is 25.6. The molecule has 6 nitrogen and oxygen atoms in total. The summed E-state index contributed by atoms with van der Waals surface area (Å²) in [7, 11) is 0. The van der Waals surface area contributed by atoms with Gasteiger partial charge in [0.15, 0.2) is 0 Å². The van der Waals surface area contributed by atoms with Gasteiger partial charge in [-0.2, -0.15) is 0 Å². The first-order valence-corrected chi connectivity index (χ1v) is 14.7.